The van der Waals surface area contributed by atoms with Crippen LogP contribution in [0.25, 0.3) is 0 Å². The minimum Gasteiger partial charge on any atom is -0.353 e. The highest BCUT2D eigenvalue weighted by Crippen LogP contribution is 2.20. The van der Waals surface area contributed by atoms with Crippen molar-refractivity contribution in [1.29, 1.82) is 0 Å². The standard InChI is InChI=1S/C17H27N5O/c1-4-14-12-16(19-13(2)18-14)21-8-10-22(11-9-21)17(23)15-6-5-7-20(15)3/h12,15H,4-11H2,1-3H3. The van der Waals surface area contributed by atoms with E-state index in [4.69, 9.17) is 0 Å². The number of aromatic nitrogens is 2. The van der Waals surface area contributed by atoms with Crippen molar-refractivity contribution in [1.82, 2.24) is 19.8 Å². The molecular formula is C17H27N5O. The fourth-order valence-corrected chi connectivity index (χ4v) is 3.54. The molecule has 0 aliphatic carbocycles. The van der Waals surface area contributed by atoms with E-state index in [1.54, 1.807) is 0 Å². The molecule has 0 bridgehead atoms. The number of carbonyl (C=O) groups is 1. The summed E-state index contributed by atoms with van der Waals surface area (Å²) in [7, 11) is 2.06. The Balaban J connectivity index is 1.62. The van der Waals surface area contributed by atoms with Crippen molar-refractivity contribution in [3.63, 3.8) is 0 Å². The molecule has 0 saturated carbocycles. The lowest BCUT2D eigenvalue weighted by atomic mass is 10.1. The molecule has 2 saturated heterocycles. The van der Waals surface area contributed by atoms with E-state index in [1.165, 1.54) is 0 Å². The number of aryl methyl sites for hydroxylation is 2. The summed E-state index contributed by atoms with van der Waals surface area (Å²) in [5.41, 5.74) is 1.08. The van der Waals surface area contributed by atoms with Crippen molar-refractivity contribution in [2.75, 3.05) is 44.7 Å². The number of hydrogen-bond acceptors (Lipinski definition) is 5. The Labute approximate surface area is 138 Å². The van der Waals surface area contributed by atoms with Crippen molar-refractivity contribution in [3.8, 4) is 0 Å². The van der Waals surface area contributed by atoms with Gasteiger partial charge in [-0.05, 0) is 39.8 Å². The van der Waals surface area contributed by atoms with Crippen LogP contribution in [0.2, 0.25) is 0 Å². The van der Waals surface area contributed by atoms with Gasteiger partial charge in [0.1, 0.15) is 11.6 Å². The zero-order chi connectivity index (χ0) is 16.4. The normalized spacial score (nSPS) is 22.7. The molecule has 2 aliphatic heterocycles. The summed E-state index contributed by atoms with van der Waals surface area (Å²) < 4.78 is 0. The maximum absolute atomic E-state index is 12.6. The van der Waals surface area contributed by atoms with E-state index in [2.05, 4.69) is 39.8 Å². The Morgan fingerprint density at radius 1 is 1.22 bits per heavy atom. The van der Waals surface area contributed by atoms with Crippen LogP contribution in [0.3, 0.4) is 0 Å². The van der Waals surface area contributed by atoms with E-state index in [-0.39, 0.29) is 6.04 Å². The van der Waals surface area contributed by atoms with Crippen LogP contribution in [0.5, 0.6) is 0 Å². The fourth-order valence-electron chi connectivity index (χ4n) is 3.54. The molecule has 1 unspecified atom stereocenters. The highest BCUT2D eigenvalue weighted by atomic mass is 16.2. The van der Waals surface area contributed by atoms with Crippen LogP contribution in [0.4, 0.5) is 5.82 Å². The van der Waals surface area contributed by atoms with Gasteiger partial charge in [-0.1, -0.05) is 6.92 Å². The third kappa shape index (κ3) is 3.47. The van der Waals surface area contributed by atoms with Gasteiger partial charge in [0, 0.05) is 37.9 Å². The molecule has 1 aromatic rings. The van der Waals surface area contributed by atoms with Crippen molar-refractivity contribution in [3.05, 3.63) is 17.6 Å². The first-order valence-corrected chi connectivity index (χ1v) is 8.67. The zero-order valence-corrected chi connectivity index (χ0v) is 14.5. The Morgan fingerprint density at radius 2 is 1.96 bits per heavy atom. The average Bonchev–Trinajstić information content (AvgIpc) is 2.99. The van der Waals surface area contributed by atoms with Crippen LogP contribution in [-0.2, 0) is 11.2 Å². The number of rotatable bonds is 3. The predicted octanol–water partition coefficient (Wildman–Crippen LogP) is 1.09. The van der Waals surface area contributed by atoms with E-state index in [1.807, 2.05) is 11.8 Å². The molecule has 1 amide bonds. The first kappa shape index (κ1) is 16.2. The van der Waals surface area contributed by atoms with Crippen molar-refractivity contribution >= 4 is 11.7 Å². The molecule has 2 fully saturated rings. The maximum Gasteiger partial charge on any atom is 0.240 e. The second kappa shape index (κ2) is 6.83. The van der Waals surface area contributed by atoms with E-state index < -0.39 is 0 Å². The molecule has 0 N–H and O–H groups in total. The van der Waals surface area contributed by atoms with E-state index in [9.17, 15) is 4.79 Å². The third-order valence-electron chi connectivity index (χ3n) is 4.96. The SMILES string of the molecule is CCc1cc(N2CCN(C(=O)C3CCCN3C)CC2)nc(C)n1. The Kier molecular flexibility index (Phi) is 4.80. The number of amides is 1. The van der Waals surface area contributed by atoms with Gasteiger partial charge in [-0.25, -0.2) is 9.97 Å². The quantitative estimate of drug-likeness (QED) is 0.835. The summed E-state index contributed by atoms with van der Waals surface area (Å²) in [5.74, 6) is 2.13. The molecule has 1 aromatic heterocycles. The van der Waals surface area contributed by atoms with Gasteiger partial charge in [0.05, 0.1) is 6.04 Å². The van der Waals surface area contributed by atoms with Gasteiger partial charge in [0.15, 0.2) is 0 Å². The summed E-state index contributed by atoms with van der Waals surface area (Å²) in [4.78, 5) is 28.1. The molecular weight excluding hydrogens is 290 g/mol. The number of likely N-dealkylation sites (tertiary alicyclic amines) is 1. The Bertz CT molecular complexity index is 568. The van der Waals surface area contributed by atoms with E-state index in [0.29, 0.717) is 5.91 Å². The van der Waals surface area contributed by atoms with Crippen LogP contribution >= 0.6 is 0 Å². The number of nitrogens with zero attached hydrogens (tertiary/aromatic N) is 5. The van der Waals surface area contributed by atoms with Gasteiger partial charge in [0.2, 0.25) is 5.91 Å². The molecule has 0 spiro atoms. The summed E-state index contributed by atoms with van der Waals surface area (Å²) in [6.45, 7) is 8.36. The van der Waals surface area contributed by atoms with Gasteiger partial charge >= 0.3 is 0 Å². The molecule has 0 aromatic carbocycles. The van der Waals surface area contributed by atoms with Gasteiger partial charge in [-0.15, -0.1) is 0 Å². The second-order valence-corrected chi connectivity index (χ2v) is 6.57. The topological polar surface area (TPSA) is 52.6 Å². The number of carbonyl (C=O) groups excluding carboxylic acids is 1. The first-order chi connectivity index (χ1) is 11.1. The van der Waals surface area contributed by atoms with Gasteiger partial charge < -0.3 is 9.80 Å². The fraction of sp³-hybridized carbons (Fsp3) is 0.706. The van der Waals surface area contributed by atoms with Crippen LogP contribution in [0.1, 0.15) is 31.3 Å². The van der Waals surface area contributed by atoms with Crippen LogP contribution in [0.15, 0.2) is 6.07 Å². The highest BCUT2D eigenvalue weighted by Gasteiger charge is 2.32. The second-order valence-electron chi connectivity index (χ2n) is 6.57. The van der Waals surface area contributed by atoms with Gasteiger partial charge in [-0.3, -0.25) is 9.69 Å². The molecule has 6 heteroatoms. The lowest BCUT2D eigenvalue weighted by molar-refractivity contribution is -0.135. The maximum atomic E-state index is 12.6. The van der Waals surface area contributed by atoms with Crippen LogP contribution in [0, 0.1) is 6.92 Å². The van der Waals surface area contributed by atoms with Crippen molar-refractivity contribution in [2.24, 2.45) is 0 Å². The summed E-state index contributed by atoms with van der Waals surface area (Å²) in [5, 5.41) is 0. The number of hydrogen-bond donors (Lipinski definition) is 0. The highest BCUT2D eigenvalue weighted by molar-refractivity contribution is 5.82. The summed E-state index contributed by atoms with van der Waals surface area (Å²) in [6, 6.07) is 2.17. The molecule has 3 rings (SSSR count). The van der Waals surface area contributed by atoms with Crippen molar-refractivity contribution < 1.29 is 4.79 Å². The Hall–Kier alpha value is -1.69. The third-order valence-corrected chi connectivity index (χ3v) is 4.96. The Morgan fingerprint density at radius 3 is 2.57 bits per heavy atom. The molecule has 126 valence electrons. The molecule has 2 aliphatic rings. The number of likely N-dealkylation sites (N-methyl/N-ethyl adjacent to an activating group) is 1. The summed E-state index contributed by atoms with van der Waals surface area (Å²) in [6.07, 6.45) is 3.05. The predicted molar refractivity (Wildman–Crippen MR) is 90.6 cm³/mol. The molecule has 23 heavy (non-hydrogen) atoms. The molecule has 3 heterocycles. The van der Waals surface area contributed by atoms with Gasteiger partial charge in [-0.2, -0.15) is 0 Å². The average molecular weight is 317 g/mol. The zero-order valence-electron chi connectivity index (χ0n) is 14.5. The lowest BCUT2D eigenvalue weighted by Gasteiger charge is -2.37. The van der Waals surface area contributed by atoms with E-state index in [0.717, 1.165) is 69.3 Å². The summed E-state index contributed by atoms with van der Waals surface area (Å²) >= 11 is 0. The van der Waals surface area contributed by atoms with E-state index >= 15 is 0 Å². The van der Waals surface area contributed by atoms with Gasteiger partial charge in [0.25, 0.3) is 0 Å². The minimum atomic E-state index is 0.0922. The number of anilines is 1. The smallest absolute Gasteiger partial charge is 0.240 e. The molecule has 0 radical (unpaired) electrons. The largest absolute Gasteiger partial charge is 0.353 e. The molecule has 1 atom stereocenters. The van der Waals surface area contributed by atoms with Crippen molar-refractivity contribution in [2.45, 2.75) is 39.2 Å². The first-order valence-electron chi connectivity index (χ1n) is 8.67. The minimum absolute atomic E-state index is 0.0922. The molecule has 6 nitrogen and oxygen atoms in total. The lowest BCUT2D eigenvalue weighted by Crippen LogP contribution is -2.53. The number of piperazine rings is 1. The monoisotopic (exact) mass is 317 g/mol. The van der Waals surface area contributed by atoms with Crippen LogP contribution < -0.4 is 4.90 Å². The van der Waals surface area contributed by atoms with Crippen LogP contribution in [-0.4, -0.2) is 71.5 Å².